The fraction of sp³-hybridized carbons (Fsp3) is 0.438. The molecule has 2 heterocycles. The number of aromatic nitrogens is 3. The Bertz CT molecular complexity index is 623. The molecule has 0 N–H and O–H groups in total. The van der Waals surface area contributed by atoms with Crippen molar-refractivity contribution in [2.75, 3.05) is 6.61 Å². The first kappa shape index (κ1) is 16.5. The molecule has 0 saturated heterocycles. The van der Waals surface area contributed by atoms with Gasteiger partial charge in [0.2, 0.25) is 0 Å². The Hall–Kier alpha value is -1.88. The van der Waals surface area contributed by atoms with Gasteiger partial charge in [0.15, 0.2) is 0 Å². The molecule has 118 valence electrons. The number of hydrogen-bond donors (Lipinski definition) is 0. The molecule has 0 saturated carbocycles. The predicted octanol–water partition coefficient (Wildman–Crippen LogP) is 3.41. The van der Waals surface area contributed by atoms with Crippen LogP contribution in [0.25, 0.3) is 11.4 Å². The summed E-state index contributed by atoms with van der Waals surface area (Å²) in [7, 11) is 1.86. The summed E-state index contributed by atoms with van der Waals surface area (Å²) in [5.41, 5.74) is 2.55. The van der Waals surface area contributed by atoms with Crippen molar-refractivity contribution in [3.8, 4) is 11.4 Å². The number of pyridine rings is 1. The Morgan fingerprint density at radius 3 is 2.91 bits per heavy atom. The van der Waals surface area contributed by atoms with Crippen LogP contribution in [0.15, 0.2) is 24.4 Å². The van der Waals surface area contributed by atoms with Gasteiger partial charge in [-0.15, -0.1) is 0 Å². The summed E-state index contributed by atoms with van der Waals surface area (Å²) >= 11 is 5.84. The van der Waals surface area contributed by atoms with Crippen molar-refractivity contribution in [2.24, 2.45) is 7.05 Å². The van der Waals surface area contributed by atoms with Crippen LogP contribution in [-0.2, 0) is 23.0 Å². The normalized spacial score (nSPS) is 10.7. The minimum atomic E-state index is -0.176. The van der Waals surface area contributed by atoms with E-state index < -0.39 is 0 Å². The van der Waals surface area contributed by atoms with Crippen molar-refractivity contribution in [2.45, 2.75) is 32.6 Å². The van der Waals surface area contributed by atoms with Crippen molar-refractivity contribution in [1.29, 1.82) is 0 Å². The summed E-state index contributed by atoms with van der Waals surface area (Å²) in [5.74, 6) is -0.176. The van der Waals surface area contributed by atoms with Gasteiger partial charge in [-0.1, -0.05) is 24.9 Å². The van der Waals surface area contributed by atoms with Gasteiger partial charge < -0.3 is 4.74 Å². The second-order valence-corrected chi connectivity index (χ2v) is 5.52. The lowest BCUT2D eigenvalue weighted by Gasteiger charge is -2.02. The van der Waals surface area contributed by atoms with E-state index in [4.69, 9.17) is 16.3 Å². The lowest BCUT2D eigenvalue weighted by molar-refractivity contribution is -0.143. The maximum Gasteiger partial charge on any atom is 0.306 e. The van der Waals surface area contributed by atoms with Gasteiger partial charge in [0.25, 0.3) is 0 Å². The fourth-order valence-corrected chi connectivity index (χ4v) is 2.16. The number of aryl methyl sites for hydroxylation is 2. The van der Waals surface area contributed by atoms with Gasteiger partial charge in [-0.25, -0.2) is 0 Å². The number of nitrogens with zero attached hydrogens (tertiary/aromatic N) is 3. The van der Waals surface area contributed by atoms with Crippen LogP contribution >= 0.6 is 11.6 Å². The topological polar surface area (TPSA) is 57.0 Å². The maximum absolute atomic E-state index is 11.6. The van der Waals surface area contributed by atoms with E-state index in [2.05, 4.69) is 17.0 Å². The van der Waals surface area contributed by atoms with E-state index in [9.17, 15) is 4.79 Å². The average Bonchev–Trinajstić information content (AvgIpc) is 2.87. The van der Waals surface area contributed by atoms with Crippen molar-refractivity contribution >= 4 is 17.6 Å². The average molecular weight is 322 g/mol. The van der Waals surface area contributed by atoms with Gasteiger partial charge in [0.05, 0.1) is 35.1 Å². The van der Waals surface area contributed by atoms with Gasteiger partial charge >= 0.3 is 5.97 Å². The highest BCUT2D eigenvalue weighted by Gasteiger charge is 2.11. The molecule has 5 nitrogen and oxygen atoms in total. The summed E-state index contributed by atoms with van der Waals surface area (Å²) in [6, 6.07) is 5.58. The second-order valence-electron chi connectivity index (χ2n) is 5.08. The van der Waals surface area contributed by atoms with Gasteiger partial charge in [0.1, 0.15) is 0 Å². The molecule has 0 aliphatic rings. The molecule has 2 aromatic rings. The van der Waals surface area contributed by atoms with Crippen molar-refractivity contribution in [1.82, 2.24) is 14.8 Å². The first-order chi connectivity index (χ1) is 10.6. The van der Waals surface area contributed by atoms with Crippen LogP contribution in [-0.4, -0.2) is 27.3 Å². The molecule has 0 aliphatic carbocycles. The molecule has 0 amide bonds. The standard InChI is InChI=1S/C16H20ClN3O2/c1-3-4-9-22-16(21)8-6-13-10-15(20(2)19-13)14-7-5-12(17)11-18-14/h5,7,10-11H,3-4,6,8-9H2,1-2H3. The Morgan fingerprint density at radius 1 is 1.41 bits per heavy atom. The number of esters is 1. The summed E-state index contributed by atoms with van der Waals surface area (Å²) < 4.78 is 6.90. The summed E-state index contributed by atoms with van der Waals surface area (Å²) in [4.78, 5) is 15.9. The third-order valence-electron chi connectivity index (χ3n) is 3.27. The van der Waals surface area contributed by atoms with Crippen LogP contribution in [0.5, 0.6) is 0 Å². The summed E-state index contributed by atoms with van der Waals surface area (Å²) in [6.45, 7) is 2.56. The van der Waals surface area contributed by atoms with Crippen molar-refractivity contribution < 1.29 is 9.53 Å². The van der Waals surface area contributed by atoms with Gasteiger partial charge in [-0.2, -0.15) is 5.10 Å². The quantitative estimate of drug-likeness (QED) is 0.579. The maximum atomic E-state index is 11.6. The van der Waals surface area contributed by atoms with Crippen LogP contribution in [0.4, 0.5) is 0 Å². The molecular formula is C16H20ClN3O2. The van der Waals surface area contributed by atoms with Crippen LogP contribution in [0.3, 0.4) is 0 Å². The minimum Gasteiger partial charge on any atom is -0.466 e. The Morgan fingerprint density at radius 2 is 2.23 bits per heavy atom. The minimum absolute atomic E-state index is 0.176. The first-order valence-corrected chi connectivity index (χ1v) is 7.78. The monoisotopic (exact) mass is 321 g/mol. The highest BCUT2D eigenvalue weighted by Crippen LogP contribution is 2.19. The number of carbonyl (C=O) groups excluding carboxylic acids is 1. The molecule has 0 bridgehead atoms. The molecule has 22 heavy (non-hydrogen) atoms. The summed E-state index contributed by atoms with van der Waals surface area (Å²) in [6.07, 6.45) is 4.43. The molecule has 0 aromatic carbocycles. The molecule has 2 aromatic heterocycles. The molecule has 0 radical (unpaired) electrons. The van der Waals surface area contributed by atoms with Gasteiger partial charge in [-0.3, -0.25) is 14.5 Å². The molecular weight excluding hydrogens is 302 g/mol. The van der Waals surface area contributed by atoms with E-state index in [0.717, 1.165) is 29.9 Å². The zero-order chi connectivity index (χ0) is 15.9. The van der Waals surface area contributed by atoms with E-state index >= 15 is 0 Å². The highest BCUT2D eigenvalue weighted by molar-refractivity contribution is 6.30. The predicted molar refractivity (Wildman–Crippen MR) is 85.6 cm³/mol. The van der Waals surface area contributed by atoms with Crippen LogP contribution < -0.4 is 0 Å². The van der Waals surface area contributed by atoms with Crippen LogP contribution in [0, 0.1) is 0 Å². The third-order valence-corrected chi connectivity index (χ3v) is 3.49. The Labute approximate surface area is 135 Å². The number of unbranched alkanes of at least 4 members (excludes halogenated alkanes) is 1. The number of hydrogen-bond acceptors (Lipinski definition) is 4. The second kappa shape index (κ2) is 7.94. The molecule has 0 spiro atoms. The Kier molecular flexibility index (Phi) is 5.95. The number of rotatable bonds is 7. The van der Waals surface area contributed by atoms with E-state index in [1.165, 1.54) is 0 Å². The molecule has 2 rings (SSSR count). The van der Waals surface area contributed by atoms with Crippen LogP contribution in [0.1, 0.15) is 31.9 Å². The number of halogens is 1. The van der Waals surface area contributed by atoms with Crippen molar-refractivity contribution in [3.05, 3.63) is 35.1 Å². The van der Waals surface area contributed by atoms with E-state index in [-0.39, 0.29) is 5.97 Å². The molecule has 0 fully saturated rings. The SMILES string of the molecule is CCCCOC(=O)CCc1cc(-c2ccc(Cl)cn2)n(C)n1. The molecule has 0 aliphatic heterocycles. The Balaban J connectivity index is 1.95. The molecule has 6 heteroatoms. The smallest absolute Gasteiger partial charge is 0.306 e. The first-order valence-electron chi connectivity index (χ1n) is 7.40. The summed E-state index contributed by atoms with van der Waals surface area (Å²) in [5, 5.41) is 5.01. The van der Waals surface area contributed by atoms with E-state index in [1.807, 2.05) is 19.2 Å². The van der Waals surface area contributed by atoms with Crippen LogP contribution in [0.2, 0.25) is 5.02 Å². The lowest BCUT2D eigenvalue weighted by atomic mass is 10.2. The zero-order valence-corrected chi connectivity index (χ0v) is 13.6. The fourth-order valence-electron chi connectivity index (χ4n) is 2.05. The highest BCUT2D eigenvalue weighted by atomic mass is 35.5. The lowest BCUT2D eigenvalue weighted by Crippen LogP contribution is -2.07. The largest absolute Gasteiger partial charge is 0.466 e. The van der Waals surface area contributed by atoms with Gasteiger partial charge in [-0.05, 0) is 24.6 Å². The number of ether oxygens (including phenoxy) is 1. The number of carbonyl (C=O) groups is 1. The van der Waals surface area contributed by atoms with E-state index in [0.29, 0.717) is 24.5 Å². The third kappa shape index (κ3) is 4.56. The zero-order valence-electron chi connectivity index (χ0n) is 12.9. The van der Waals surface area contributed by atoms with Crippen molar-refractivity contribution in [3.63, 3.8) is 0 Å². The van der Waals surface area contributed by atoms with Gasteiger partial charge in [0, 0.05) is 19.7 Å². The molecule has 0 unspecified atom stereocenters. The van der Waals surface area contributed by atoms with E-state index in [1.54, 1.807) is 16.9 Å². The molecule has 0 atom stereocenters.